The predicted molar refractivity (Wildman–Crippen MR) is 123 cm³/mol. The Bertz CT molecular complexity index is 1280. The number of carbonyl (C=O) groups is 1. The predicted octanol–water partition coefficient (Wildman–Crippen LogP) is 6.86. The highest BCUT2D eigenvalue weighted by molar-refractivity contribution is 6.35. The second kappa shape index (κ2) is 8.63. The van der Waals surface area contributed by atoms with E-state index < -0.39 is 11.7 Å². The molecule has 32 heavy (non-hydrogen) atoms. The normalized spacial score (nSPS) is 11.5. The number of ether oxygens (including phenoxy) is 2. The van der Waals surface area contributed by atoms with Crippen molar-refractivity contribution in [2.24, 2.45) is 0 Å². The standard InChI is InChI=1S/C25H22ClFN2O3/c1-25(2,3)32-24(30)29-14-20(22-21(29)11-12-28-23(22)26)17-5-4-6-19(13-17)31-15-16-7-9-18(27)10-8-16/h4-14H,15H2,1-3H3. The Morgan fingerprint density at radius 1 is 1.12 bits per heavy atom. The lowest BCUT2D eigenvalue weighted by Gasteiger charge is -2.19. The maximum absolute atomic E-state index is 13.1. The molecule has 0 spiro atoms. The van der Waals surface area contributed by atoms with Gasteiger partial charge >= 0.3 is 6.09 Å². The molecule has 4 rings (SSSR count). The van der Waals surface area contributed by atoms with Crippen molar-refractivity contribution in [3.63, 3.8) is 0 Å². The highest BCUT2D eigenvalue weighted by Gasteiger charge is 2.22. The maximum atomic E-state index is 13.1. The molecule has 0 aliphatic carbocycles. The lowest BCUT2D eigenvalue weighted by molar-refractivity contribution is 0.0544. The van der Waals surface area contributed by atoms with Crippen LogP contribution in [-0.4, -0.2) is 21.2 Å². The molecule has 4 aromatic rings. The van der Waals surface area contributed by atoms with E-state index in [0.29, 0.717) is 23.3 Å². The van der Waals surface area contributed by atoms with Crippen LogP contribution >= 0.6 is 11.6 Å². The summed E-state index contributed by atoms with van der Waals surface area (Å²) in [4.78, 5) is 17.0. The fraction of sp³-hybridized carbons (Fsp3) is 0.200. The van der Waals surface area contributed by atoms with Gasteiger partial charge in [0.15, 0.2) is 0 Å². The first-order valence-electron chi connectivity index (χ1n) is 10.1. The van der Waals surface area contributed by atoms with Crippen LogP contribution in [0.5, 0.6) is 5.75 Å². The Kier molecular flexibility index (Phi) is 5.89. The zero-order valence-corrected chi connectivity index (χ0v) is 18.7. The number of pyridine rings is 1. The van der Waals surface area contributed by atoms with E-state index >= 15 is 0 Å². The van der Waals surface area contributed by atoms with Gasteiger partial charge in [-0.3, -0.25) is 4.57 Å². The molecule has 0 saturated carbocycles. The number of fused-ring (bicyclic) bond motifs is 1. The Balaban J connectivity index is 1.69. The van der Waals surface area contributed by atoms with Gasteiger partial charge in [0.05, 0.1) is 5.52 Å². The van der Waals surface area contributed by atoms with Crippen LogP contribution in [0.2, 0.25) is 5.15 Å². The van der Waals surface area contributed by atoms with Crippen molar-refractivity contribution in [2.75, 3.05) is 0 Å². The molecule has 2 aromatic heterocycles. The van der Waals surface area contributed by atoms with E-state index in [1.54, 1.807) is 30.6 Å². The molecule has 2 aromatic carbocycles. The van der Waals surface area contributed by atoms with E-state index in [-0.39, 0.29) is 11.0 Å². The van der Waals surface area contributed by atoms with Gasteiger partial charge in [0.25, 0.3) is 0 Å². The summed E-state index contributed by atoms with van der Waals surface area (Å²) in [5.41, 5.74) is 2.36. The summed E-state index contributed by atoms with van der Waals surface area (Å²) in [6, 6.07) is 15.3. The van der Waals surface area contributed by atoms with Gasteiger partial charge < -0.3 is 9.47 Å². The van der Waals surface area contributed by atoms with Gasteiger partial charge in [-0.05, 0) is 62.2 Å². The molecule has 5 nitrogen and oxygen atoms in total. The van der Waals surface area contributed by atoms with E-state index in [9.17, 15) is 9.18 Å². The summed E-state index contributed by atoms with van der Waals surface area (Å²) in [5, 5.41) is 0.938. The van der Waals surface area contributed by atoms with E-state index in [0.717, 1.165) is 16.7 Å². The molecule has 0 radical (unpaired) electrons. The van der Waals surface area contributed by atoms with E-state index in [2.05, 4.69) is 4.98 Å². The van der Waals surface area contributed by atoms with Crippen LogP contribution in [0.3, 0.4) is 0 Å². The summed E-state index contributed by atoms with van der Waals surface area (Å²) in [5.74, 6) is 0.340. The Morgan fingerprint density at radius 3 is 2.59 bits per heavy atom. The zero-order chi connectivity index (χ0) is 22.9. The van der Waals surface area contributed by atoms with Crippen molar-refractivity contribution < 1.29 is 18.7 Å². The molecule has 0 bridgehead atoms. The van der Waals surface area contributed by atoms with Crippen molar-refractivity contribution in [3.05, 3.63) is 83.5 Å². The Morgan fingerprint density at radius 2 is 1.88 bits per heavy atom. The average Bonchev–Trinajstić information content (AvgIpc) is 3.14. The van der Waals surface area contributed by atoms with Crippen molar-refractivity contribution in [2.45, 2.75) is 33.0 Å². The fourth-order valence-corrected chi connectivity index (χ4v) is 3.58. The number of hydrogen-bond acceptors (Lipinski definition) is 4. The molecule has 0 aliphatic heterocycles. The molecule has 2 heterocycles. The van der Waals surface area contributed by atoms with Gasteiger partial charge in [-0.15, -0.1) is 0 Å². The fourth-order valence-electron chi connectivity index (χ4n) is 3.32. The highest BCUT2D eigenvalue weighted by Crippen LogP contribution is 2.36. The maximum Gasteiger partial charge on any atom is 0.419 e. The molecular weight excluding hydrogens is 431 g/mol. The van der Waals surface area contributed by atoms with Crippen LogP contribution in [0.25, 0.3) is 22.0 Å². The Hall–Kier alpha value is -3.38. The lowest BCUT2D eigenvalue weighted by atomic mass is 10.1. The summed E-state index contributed by atoms with van der Waals surface area (Å²) < 4.78 is 26.0. The number of hydrogen-bond donors (Lipinski definition) is 0. The molecule has 0 fully saturated rings. The third-order valence-corrected chi connectivity index (χ3v) is 5.01. The largest absolute Gasteiger partial charge is 0.489 e. The summed E-state index contributed by atoms with van der Waals surface area (Å²) >= 11 is 6.42. The van der Waals surface area contributed by atoms with Crippen molar-refractivity contribution in [3.8, 4) is 16.9 Å². The van der Waals surface area contributed by atoms with Crippen LogP contribution in [0, 0.1) is 5.82 Å². The highest BCUT2D eigenvalue weighted by atomic mass is 35.5. The summed E-state index contributed by atoms with van der Waals surface area (Å²) in [6.07, 6.45) is 2.75. The van der Waals surface area contributed by atoms with Gasteiger partial charge in [0.1, 0.15) is 28.9 Å². The third-order valence-electron chi connectivity index (χ3n) is 4.72. The molecular formula is C25H22ClFN2O3. The van der Waals surface area contributed by atoms with Crippen LogP contribution < -0.4 is 4.74 Å². The van der Waals surface area contributed by atoms with Crippen molar-refractivity contribution in [1.29, 1.82) is 0 Å². The summed E-state index contributed by atoms with van der Waals surface area (Å²) in [7, 11) is 0. The number of benzene rings is 2. The second-order valence-corrected chi connectivity index (χ2v) is 8.69. The molecule has 0 amide bonds. The lowest BCUT2D eigenvalue weighted by Crippen LogP contribution is -2.26. The van der Waals surface area contributed by atoms with Gasteiger partial charge in [-0.1, -0.05) is 35.9 Å². The third kappa shape index (κ3) is 4.75. The number of nitrogens with zero attached hydrogens (tertiary/aromatic N) is 2. The first-order chi connectivity index (χ1) is 15.2. The first-order valence-corrected chi connectivity index (χ1v) is 10.5. The average molecular weight is 453 g/mol. The van der Waals surface area contributed by atoms with Crippen LogP contribution in [0.1, 0.15) is 26.3 Å². The monoisotopic (exact) mass is 452 g/mol. The van der Waals surface area contributed by atoms with Crippen LogP contribution in [0.15, 0.2) is 67.0 Å². The molecule has 0 unspecified atom stereocenters. The molecule has 0 saturated heterocycles. The zero-order valence-electron chi connectivity index (χ0n) is 17.9. The van der Waals surface area contributed by atoms with Gasteiger partial charge in [0, 0.05) is 23.3 Å². The van der Waals surface area contributed by atoms with Gasteiger partial charge in [0.2, 0.25) is 0 Å². The molecule has 7 heteroatoms. The van der Waals surface area contributed by atoms with Gasteiger partial charge in [-0.25, -0.2) is 14.2 Å². The number of rotatable bonds is 4. The quantitative estimate of drug-likeness (QED) is 0.317. The molecule has 164 valence electrons. The Labute approximate surface area is 190 Å². The second-order valence-electron chi connectivity index (χ2n) is 8.33. The number of aromatic nitrogens is 2. The van der Waals surface area contributed by atoms with Crippen molar-refractivity contribution >= 4 is 28.6 Å². The molecule has 0 N–H and O–H groups in total. The number of halogens is 2. The van der Waals surface area contributed by atoms with E-state index in [1.807, 2.05) is 45.0 Å². The summed E-state index contributed by atoms with van der Waals surface area (Å²) in [6.45, 7) is 5.74. The molecule has 0 atom stereocenters. The minimum atomic E-state index is -0.640. The first kappa shape index (κ1) is 21.8. The van der Waals surface area contributed by atoms with Gasteiger partial charge in [-0.2, -0.15) is 0 Å². The van der Waals surface area contributed by atoms with E-state index in [4.69, 9.17) is 21.1 Å². The van der Waals surface area contributed by atoms with Crippen LogP contribution in [-0.2, 0) is 11.3 Å². The minimum absolute atomic E-state index is 0.289. The van der Waals surface area contributed by atoms with Crippen LogP contribution in [0.4, 0.5) is 9.18 Å². The SMILES string of the molecule is CC(C)(C)OC(=O)n1cc(-c2cccc(OCc3ccc(F)cc3)c2)c2c(Cl)nccc21. The minimum Gasteiger partial charge on any atom is -0.489 e. The topological polar surface area (TPSA) is 53.4 Å². The smallest absolute Gasteiger partial charge is 0.419 e. The van der Waals surface area contributed by atoms with E-state index in [1.165, 1.54) is 16.7 Å². The number of carbonyl (C=O) groups excluding carboxylic acids is 1. The molecule has 0 aliphatic rings. The van der Waals surface area contributed by atoms with Crippen molar-refractivity contribution in [1.82, 2.24) is 9.55 Å².